The molecule has 2 rings (SSSR count). The van der Waals surface area contributed by atoms with E-state index in [-0.39, 0.29) is 0 Å². The van der Waals surface area contributed by atoms with Crippen LogP contribution in [0, 0.1) is 13.8 Å². The van der Waals surface area contributed by atoms with E-state index in [1.807, 2.05) is 6.92 Å². The molecule has 0 aliphatic rings. The van der Waals surface area contributed by atoms with Crippen LogP contribution in [0.5, 0.6) is 0 Å². The molecule has 17 heavy (non-hydrogen) atoms. The molecule has 0 unspecified atom stereocenters. The van der Waals surface area contributed by atoms with Crippen molar-refractivity contribution in [2.75, 3.05) is 0 Å². The molecule has 1 aromatic carbocycles. The smallest absolute Gasteiger partial charge is 0.103 e. The summed E-state index contributed by atoms with van der Waals surface area (Å²) in [7, 11) is 0. The van der Waals surface area contributed by atoms with Gasteiger partial charge in [-0.3, -0.25) is 0 Å². The van der Waals surface area contributed by atoms with Gasteiger partial charge in [0.25, 0.3) is 0 Å². The third kappa shape index (κ3) is 2.94. The summed E-state index contributed by atoms with van der Waals surface area (Å²) in [5, 5.41) is 0. The minimum absolute atomic E-state index is 0.532. The molecule has 1 aromatic heterocycles. The zero-order chi connectivity index (χ0) is 12.3. The quantitative estimate of drug-likeness (QED) is 0.845. The van der Waals surface area contributed by atoms with Crippen LogP contribution < -0.4 is 5.73 Å². The molecule has 0 amide bonds. The molecule has 2 aromatic rings. The molecular weight excluding hydrogens is 210 g/mol. The molecule has 3 heteroatoms. The van der Waals surface area contributed by atoms with Crippen LogP contribution in [0.4, 0.5) is 0 Å². The molecular formula is C14H19N3. The van der Waals surface area contributed by atoms with Gasteiger partial charge < -0.3 is 10.7 Å². The second-order valence-corrected chi connectivity index (χ2v) is 4.44. The third-order valence-electron chi connectivity index (χ3n) is 2.92. The van der Waals surface area contributed by atoms with Crippen molar-refractivity contribution in [1.29, 1.82) is 0 Å². The Morgan fingerprint density at radius 1 is 1.24 bits per heavy atom. The molecule has 0 radical (unpaired) electrons. The second-order valence-electron chi connectivity index (χ2n) is 4.44. The van der Waals surface area contributed by atoms with Crippen LogP contribution in [-0.4, -0.2) is 9.97 Å². The predicted octanol–water partition coefficient (Wildman–Crippen LogP) is 2.27. The summed E-state index contributed by atoms with van der Waals surface area (Å²) < 4.78 is 0. The van der Waals surface area contributed by atoms with E-state index < -0.39 is 0 Å². The van der Waals surface area contributed by atoms with Gasteiger partial charge in [0.1, 0.15) is 5.82 Å². The summed E-state index contributed by atoms with van der Waals surface area (Å²) in [6, 6.07) is 8.61. The first-order valence-electron chi connectivity index (χ1n) is 5.99. The molecule has 1 heterocycles. The number of nitrogens with two attached hydrogens (primary N) is 1. The SMILES string of the molecule is Cc1cccc(CCc2nc(C)[nH]c2CN)c1. The van der Waals surface area contributed by atoms with Gasteiger partial charge in [0, 0.05) is 6.54 Å². The van der Waals surface area contributed by atoms with E-state index >= 15 is 0 Å². The molecule has 0 fully saturated rings. The molecule has 90 valence electrons. The summed E-state index contributed by atoms with van der Waals surface area (Å²) in [5.41, 5.74) is 10.5. The number of aromatic amines is 1. The standard InChI is InChI=1S/C14H19N3/c1-10-4-3-5-12(8-10)6-7-13-14(9-15)17-11(2)16-13/h3-5,8H,6-7,9,15H2,1-2H3,(H,16,17). The highest BCUT2D eigenvalue weighted by Gasteiger charge is 2.06. The fourth-order valence-electron chi connectivity index (χ4n) is 2.09. The van der Waals surface area contributed by atoms with E-state index in [9.17, 15) is 0 Å². The zero-order valence-electron chi connectivity index (χ0n) is 10.5. The van der Waals surface area contributed by atoms with Crippen LogP contribution in [0.2, 0.25) is 0 Å². The number of H-pyrrole nitrogens is 1. The van der Waals surface area contributed by atoms with Crippen LogP contribution >= 0.6 is 0 Å². The Hall–Kier alpha value is -1.61. The van der Waals surface area contributed by atoms with Crippen molar-refractivity contribution in [3.05, 3.63) is 52.6 Å². The Morgan fingerprint density at radius 2 is 2.06 bits per heavy atom. The van der Waals surface area contributed by atoms with E-state index in [1.54, 1.807) is 0 Å². The molecule has 3 nitrogen and oxygen atoms in total. The molecule has 0 aliphatic carbocycles. The van der Waals surface area contributed by atoms with E-state index in [0.29, 0.717) is 6.54 Å². The first-order valence-corrected chi connectivity index (χ1v) is 5.99. The number of aromatic nitrogens is 2. The van der Waals surface area contributed by atoms with Crippen LogP contribution in [0.1, 0.15) is 28.3 Å². The molecule has 0 atom stereocenters. The summed E-state index contributed by atoms with van der Waals surface area (Å²) in [4.78, 5) is 7.69. The topological polar surface area (TPSA) is 54.7 Å². The first-order chi connectivity index (χ1) is 8.19. The fourth-order valence-corrected chi connectivity index (χ4v) is 2.09. The highest BCUT2D eigenvalue weighted by molar-refractivity contribution is 5.24. The van der Waals surface area contributed by atoms with Crippen molar-refractivity contribution in [2.24, 2.45) is 5.73 Å². The number of imidazole rings is 1. The number of hydrogen-bond donors (Lipinski definition) is 2. The van der Waals surface area contributed by atoms with Crippen LogP contribution in [-0.2, 0) is 19.4 Å². The maximum absolute atomic E-state index is 5.69. The Morgan fingerprint density at radius 3 is 2.76 bits per heavy atom. The summed E-state index contributed by atoms with van der Waals surface area (Å²) in [6.45, 7) is 4.62. The van der Waals surface area contributed by atoms with E-state index in [0.717, 1.165) is 30.1 Å². The van der Waals surface area contributed by atoms with Gasteiger partial charge in [0.05, 0.1) is 11.4 Å². The Labute approximate surface area is 102 Å². The summed E-state index contributed by atoms with van der Waals surface area (Å²) in [5.74, 6) is 0.949. The van der Waals surface area contributed by atoms with E-state index in [1.165, 1.54) is 11.1 Å². The normalized spacial score (nSPS) is 10.8. The van der Waals surface area contributed by atoms with Crippen molar-refractivity contribution in [1.82, 2.24) is 9.97 Å². The molecule has 0 bridgehead atoms. The Balaban J connectivity index is 2.06. The number of hydrogen-bond acceptors (Lipinski definition) is 2. The highest BCUT2D eigenvalue weighted by atomic mass is 14.9. The van der Waals surface area contributed by atoms with Gasteiger partial charge in [-0.15, -0.1) is 0 Å². The lowest BCUT2D eigenvalue weighted by Gasteiger charge is -2.02. The van der Waals surface area contributed by atoms with Gasteiger partial charge in [0.2, 0.25) is 0 Å². The van der Waals surface area contributed by atoms with Crippen LogP contribution in [0.15, 0.2) is 24.3 Å². The molecule has 0 saturated heterocycles. The summed E-state index contributed by atoms with van der Waals surface area (Å²) in [6.07, 6.45) is 1.96. The first kappa shape index (κ1) is 11.9. The fraction of sp³-hybridized carbons (Fsp3) is 0.357. The van der Waals surface area contributed by atoms with Crippen molar-refractivity contribution >= 4 is 0 Å². The lowest BCUT2D eigenvalue weighted by molar-refractivity contribution is 0.883. The Bertz CT molecular complexity index is 500. The maximum atomic E-state index is 5.69. The minimum Gasteiger partial charge on any atom is -0.345 e. The van der Waals surface area contributed by atoms with Gasteiger partial charge in [0.15, 0.2) is 0 Å². The number of aryl methyl sites for hydroxylation is 4. The van der Waals surface area contributed by atoms with Gasteiger partial charge >= 0.3 is 0 Å². The van der Waals surface area contributed by atoms with Crippen LogP contribution in [0.3, 0.4) is 0 Å². The minimum atomic E-state index is 0.532. The number of nitrogens with one attached hydrogen (secondary N) is 1. The number of benzene rings is 1. The lowest BCUT2D eigenvalue weighted by Crippen LogP contribution is -2.02. The molecule has 0 spiro atoms. The van der Waals surface area contributed by atoms with Crippen molar-refractivity contribution in [3.8, 4) is 0 Å². The van der Waals surface area contributed by atoms with Gasteiger partial charge in [-0.2, -0.15) is 0 Å². The van der Waals surface area contributed by atoms with Gasteiger partial charge in [-0.05, 0) is 32.3 Å². The van der Waals surface area contributed by atoms with Gasteiger partial charge in [-0.1, -0.05) is 29.8 Å². The predicted molar refractivity (Wildman–Crippen MR) is 69.8 cm³/mol. The maximum Gasteiger partial charge on any atom is 0.103 e. The number of rotatable bonds is 4. The van der Waals surface area contributed by atoms with Crippen molar-refractivity contribution in [2.45, 2.75) is 33.2 Å². The third-order valence-corrected chi connectivity index (χ3v) is 2.92. The van der Waals surface area contributed by atoms with Crippen molar-refractivity contribution < 1.29 is 0 Å². The summed E-state index contributed by atoms with van der Waals surface area (Å²) >= 11 is 0. The van der Waals surface area contributed by atoms with E-state index in [2.05, 4.69) is 41.2 Å². The largest absolute Gasteiger partial charge is 0.345 e. The lowest BCUT2D eigenvalue weighted by atomic mass is 10.1. The number of nitrogens with zero attached hydrogens (tertiary/aromatic N) is 1. The molecule has 0 saturated carbocycles. The van der Waals surface area contributed by atoms with E-state index in [4.69, 9.17) is 5.73 Å². The molecule has 0 aliphatic heterocycles. The monoisotopic (exact) mass is 229 g/mol. The van der Waals surface area contributed by atoms with Gasteiger partial charge in [-0.25, -0.2) is 4.98 Å². The second kappa shape index (κ2) is 5.15. The molecule has 3 N–H and O–H groups in total. The van der Waals surface area contributed by atoms with Crippen LogP contribution in [0.25, 0.3) is 0 Å². The average Bonchev–Trinajstić information content (AvgIpc) is 2.67. The average molecular weight is 229 g/mol. The zero-order valence-corrected chi connectivity index (χ0v) is 10.5. The Kier molecular flexibility index (Phi) is 3.59. The van der Waals surface area contributed by atoms with Crippen molar-refractivity contribution in [3.63, 3.8) is 0 Å². The highest BCUT2D eigenvalue weighted by Crippen LogP contribution is 2.11.